The molecular formula is C14H18N2O4. The molecular weight excluding hydrogens is 260 g/mol. The van der Waals surface area contributed by atoms with E-state index < -0.39 is 11.9 Å². The van der Waals surface area contributed by atoms with Crippen LogP contribution in [0, 0.1) is 5.92 Å². The van der Waals surface area contributed by atoms with Crippen molar-refractivity contribution in [2.24, 2.45) is 5.92 Å². The fourth-order valence-corrected chi connectivity index (χ4v) is 1.82. The van der Waals surface area contributed by atoms with Gasteiger partial charge in [-0.1, -0.05) is 26.0 Å². The number of aliphatic hydroxyl groups excluding tert-OH is 1. The first-order valence-electron chi connectivity index (χ1n) is 6.52. The van der Waals surface area contributed by atoms with Crippen molar-refractivity contribution in [1.82, 2.24) is 9.88 Å². The number of hydrogen-bond donors (Lipinski definition) is 2. The lowest BCUT2D eigenvalue weighted by Gasteiger charge is -2.15. The van der Waals surface area contributed by atoms with Gasteiger partial charge in [0, 0.05) is 6.54 Å². The molecule has 0 aliphatic heterocycles. The quantitative estimate of drug-likeness (QED) is 0.844. The van der Waals surface area contributed by atoms with E-state index in [0.717, 1.165) is 0 Å². The third-order valence-corrected chi connectivity index (χ3v) is 3.15. The first-order chi connectivity index (χ1) is 9.49. The number of para-hydroxylation sites is 2. The van der Waals surface area contributed by atoms with E-state index in [0.29, 0.717) is 11.1 Å². The zero-order valence-corrected chi connectivity index (χ0v) is 11.5. The minimum Gasteiger partial charge on any atom is -0.408 e. The van der Waals surface area contributed by atoms with Crippen molar-refractivity contribution in [2.45, 2.75) is 26.5 Å². The number of carbonyl (C=O) groups is 1. The first-order valence-corrected chi connectivity index (χ1v) is 6.52. The van der Waals surface area contributed by atoms with Crippen LogP contribution in [0.15, 0.2) is 33.5 Å². The van der Waals surface area contributed by atoms with Gasteiger partial charge in [0.05, 0.1) is 11.6 Å². The van der Waals surface area contributed by atoms with Gasteiger partial charge in [0.15, 0.2) is 5.58 Å². The van der Waals surface area contributed by atoms with Gasteiger partial charge in [0.2, 0.25) is 5.91 Å². The maximum Gasteiger partial charge on any atom is 0.420 e. The standard InChI is InChI=1S/C14H18N2O4/c1-9(2)11(17)7-15-13(18)8-16-10-5-3-4-6-12(10)20-14(16)19/h3-6,9,11,17H,7-8H2,1-2H3,(H,15,18). The molecule has 1 aromatic heterocycles. The number of rotatable bonds is 5. The van der Waals surface area contributed by atoms with Crippen LogP contribution >= 0.6 is 0 Å². The molecule has 1 aromatic carbocycles. The summed E-state index contributed by atoms with van der Waals surface area (Å²) >= 11 is 0. The molecule has 0 saturated heterocycles. The smallest absolute Gasteiger partial charge is 0.408 e. The van der Waals surface area contributed by atoms with Crippen LogP contribution in [0.3, 0.4) is 0 Å². The number of aromatic nitrogens is 1. The molecule has 0 bridgehead atoms. The molecule has 0 aliphatic carbocycles. The van der Waals surface area contributed by atoms with E-state index in [1.807, 2.05) is 13.8 Å². The number of fused-ring (bicyclic) bond motifs is 1. The average molecular weight is 278 g/mol. The summed E-state index contributed by atoms with van der Waals surface area (Å²) in [7, 11) is 0. The van der Waals surface area contributed by atoms with Crippen molar-refractivity contribution >= 4 is 17.0 Å². The third kappa shape index (κ3) is 3.08. The van der Waals surface area contributed by atoms with Crippen molar-refractivity contribution in [2.75, 3.05) is 6.54 Å². The largest absolute Gasteiger partial charge is 0.420 e. The van der Waals surface area contributed by atoms with Gasteiger partial charge in [-0.05, 0) is 18.1 Å². The lowest BCUT2D eigenvalue weighted by Crippen LogP contribution is -2.37. The van der Waals surface area contributed by atoms with Gasteiger partial charge in [-0.25, -0.2) is 4.79 Å². The molecule has 1 amide bonds. The minimum absolute atomic E-state index is 0.0628. The Morgan fingerprint density at radius 2 is 2.10 bits per heavy atom. The van der Waals surface area contributed by atoms with Gasteiger partial charge < -0.3 is 14.8 Å². The topological polar surface area (TPSA) is 84.5 Å². The van der Waals surface area contributed by atoms with Gasteiger partial charge in [0.25, 0.3) is 0 Å². The fourth-order valence-electron chi connectivity index (χ4n) is 1.82. The van der Waals surface area contributed by atoms with Crippen molar-refractivity contribution in [3.8, 4) is 0 Å². The van der Waals surface area contributed by atoms with E-state index >= 15 is 0 Å². The van der Waals surface area contributed by atoms with Crippen LogP contribution in [0.4, 0.5) is 0 Å². The van der Waals surface area contributed by atoms with Gasteiger partial charge >= 0.3 is 5.76 Å². The summed E-state index contributed by atoms with van der Waals surface area (Å²) in [6.45, 7) is 3.78. The molecule has 6 nitrogen and oxygen atoms in total. The highest BCUT2D eigenvalue weighted by atomic mass is 16.4. The molecule has 0 saturated carbocycles. The number of amides is 1. The van der Waals surface area contributed by atoms with Crippen LogP contribution in [0.2, 0.25) is 0 Å². The van der Waals surface area contributed by atoms with Crippen molar-refractivity contribution in [1.29, 1.82) is 0 Å². The van der Waals surface area contributed by atoms with Crippen LogP contribution < -0.4 is 11.1 Å². The molecule has 6 heteroatoms. The summed E-state index contributed by atoms with van der Waals surface area (Å²) in [5.74, 6) is -0.836. The van der Waals surface area contributed by atoms with Crippen LogP contribution in [0.1, 0.15) is 13.8 Å². The van der Waals surface area contributed by atoms with Crippen LogP contribution in [0.5, 0.6) is 0 Å². The number of carbonyl (C=O) groups excluding carboxylic acids is 1. The Balaban J connectivity index is 2.07. The SMILES string of the molecule is CC(C)C(O)CNC(=O)Cn1c(=O)oc2ccccc21. The number of benzene rings is 1. The summed E-state index contributed by atoms with van der Waals surface area (Å²) in [6, 6.07) is 6.92. The Morgan fingerprint density at radius 3 is 2.80 bits per heavy atom. The van der Waals surface area contributed by atoms with Gasteiger partial charge in [-0.3, -0.25) is 9.36 Å². The Hall–Kier alpha value is -2.08. The summed E-state index contributed by atoms with van der Waals surface area (Å²) in [6.07, 6.45) is -0.600. The van der Waals surface area contributed by atoms with Crippen molar-refractivity contribution in [3.63, 3.8) is 0 Å². The number of nitrogens with one attached hydrogen (secondary N) is 1. The Morgan fingerprint density at radius 1 is 1.40 bits per heavy atom. The Bertz CT molecular complexity index is 656. The molecule has 0 aliphatic rings. The predicted octanol–water partition coefficient (Wildman–Crippen LogP) is 0.728. The molecule has 0 fully saturated rings. The Kier molecular flexibility index (Phi) is 4.24. The lowest BCUT2D eigenvalue weighted by molar-refractivity contribution is -0.122. The van der Waals surface area contributed by atoms with Crippen LogP contribution in [-0.4, -0.2) is 28.2 Å². The van der Waals surface area contributed by atoms with Crippen molar-refractivity contribution in [3.05, 3.63) is 34.8 Å². The molecule has 0 spiro atoms. The van der Waals surface area contributed by atoms with Crippen LogP contribution in [-0.2, 0) is 11.3 Å². The van der Waals surface area contributed by atoms with Crippen molar-refractivity contribution < 1.29 is 14.3 Å². The van der Waals surface area contributed by atoms with E-state index in [1.165, 1.54) is 4.57 Å². The van der Waals surface area contributed by atoms with Crippen LogP contribution in [0.25, 0.3) is 11.1 Å². The maximum absolute atomic E-state index is 11.8. The minimum atomic E-state index is -0.600. The second kappa shape index (κ2) is 5.92. The molecule has 2 rings (SSSR count). The summed E-state index contributed by atoms with van der Waals surface area (Å²) < 4.78 is 6.31. The fraction of sp³-hybridized carbons (Fsp3) is 0.429. The van der Waals surface area contributed by atoms with E-state index in [4.69, 9.17) is 4.42 Å². The highest BCUT2D eigenvalue weighted by Gasteiger charge is 2.14. The molecule has 2 aromatic rings. The monoisotopic (exact) mass is 278 g/mol. The molecule has 1 heterocycles. The highest BCUT2D eigenvalue weighted by molar-refractivity contribution is 5.79. The molecule has 2 N–H and O–H groups in total. The summed E-state index contributed by atoms with van der Waals surface area (Å²) in [5.41, 5.74) is 1.03. The third-order valence-electron chi connectivity index (χ3n) is 3.15. The molecule has 108 valence electrons. The number of aliphatic hydroxyl groups is 1. The number of hydrogen-bond acceptors (Lipinski definition) is 4. The van der Waals surface area contributed by atoms with Gasteiger partial charge in [-0.2, -0.15) is 0 Å². The normalized spacial score (nSPS) is 12.8. The zero-order valence-electron chi connectivity index (χ0n) is 11.5. The Labute approximate surface area is 116 Å². The number of nitrogens with zero attached hydrogens (tertiary/aromatic N) is 1. The van der Waals surface area contributed by atoms with E-state index in [9.17, 15) is 14.7 Å². The number of oxazole rings is 1. The zero-order chi connectivity index (χ0) is 14.7. The van der Waals surface area contributed by atoms with Gasteiger partial charge in [-0.15, -0.1) is 0 Å². The average Bonchev–Trinajstić information content (AvgIpc) is 2.72. The molecule has 1 atom stereocenters. The molecule has 20 heavy (non-hydrogen) atoms. The van der Waals surface area contributed by atoms with E-state index in [2.05, 4.69) is 5.32 Å². The second-order valence-electron chi connectivity index (χ2n) is 5.04. The van der Waals surface area contributed by atoms with E-state index in [1.54, 1.807) is 24.3 Å². The first kappa shape index (κ1) is 14.3. The molecule has 1 unspecified atom stereocenters. The highest BCUT2D eigenvalue weighted by Crippen LogP contribution is 2.11. The summed E-state index contributed by atoms with van der Waals surface area (Å²) in [5, 5.41) is 12.2. The predicted molar refractivity (Wildman–Crippen MR) is 74.3 cm³/mol. The van der Waals surface area contributed by atoms with Gasteiger partial charge in [0.1, 0.15) is 6.54 Å². The van der Waals surface area contributed by atoms with E-state index in [-0.39, 0.29) is 24.9 Å². The molecule has 0 radical (unpaired) electrons. The second-order valence-corrected chi connectivity index (χ2v) is 5.04. The maximum atomic E-state index is 11.8. The lowest BCUT2D eigenvalue weighted by atomic mass is 10.1. The summed E-state index contributed by atoms with van der Waals surface area (Å²) in [4.78, 5) is 23.5.